The molecule has 0 saturated carbocycles. The van der Waals surface area contributed by atoms with Gasteiger partial charge in [-0.2, -0.15) is 0 Å². The van der Waals surface area contributed by atoms with Crippen LogP contribution in [0.4, 0.5) is 0 Å². The molecule has 0 aliphatic carbocycles. The fourth-order valence-electron chi connectivity index (χ4n) is 1.98. The summed E-state index contributed by atoms with van der Waals surface area (Å²) >= 11 is 0. The highest BCUT2D eigenvalue weighted by Gasteiger charge is 2.00. The second kappa shape index (κ2) is 10.9. The third-order valence-electron chi connectivity index (χ3n) is 3.04. The first-order chi connectivity index (χ1) is 10.7. The van der Waals surface area contributed by atoms with Crippen LogP contribution in [0.15, 0.2) is 29.3 Å². The molecule has 0 atom stereocenters. The van der Waals surface area contributed by atoms with Gasteiger partial charge < -0.3 is 20.1 Å². The van der Waals surface area contributed by atoms with Crippen molar-refractivity contribution in [2.45, 2.75) is 32.8 Å². The van der Waals surface area contributed by atoms with Gasteiger partial charge in [-0.05, 0) is 44.4 Å². The highest BCUT2D eigenvalue weighted by Crippen LogP contribution is 2.13. The summed E-state index contributed by atoms with van der Waals surface area (Å²) in [5.74, 6) is 1.75. The van der Waals surface area contributed by atoms with E-state index in [2.05, 4.69) is 27.8 Å². The predicted molar refractivity (Wildman–Crippen MR) is 91.8 cm³/mol. The van der Waals surface area contributed by atoms with E-state index in [1.165, 1.54) is 5.56 Å². The number of nitrogens with zero attached hydrogens (tertiary/aromatic N) is 1. The molecule has 0 bridgehead atoms. The number of aliphatic imine (C=N–C) groups is 1. The van der Waals surface area contributed by atoms with Crippen LogP contribution >= 0.6 is 0 Å². The Morgan fingerprint density at radius 3 is 2.41 bits per heavy atom. The summed E-state index contributed by atoms with van der Waals surface area (Å²) in [6.45, 7) is 6.52. The van der Waals surface area contributed by atoms with Crippen molar-refractivity contribution in [2.24, 2.45) is 4.99 Å². The Hall–Kier alpha value is -1.75. The smallest absolute Gasteiger partial charge is 0.190 e. The molecule has 0 fully saturated rings. The third kappa shape index (κ3) is 7.88. The van der Waals surface area contributed by atoms with Crippen LogP contribution < -0.4 is 15.4 Å². The summed E-state index contributed by atoms with van der Waals surface area (Å²) in [6, 6.07) is 8.25. The Labute approximate surface area is 134 Å². The first-order valence-electron chi connectivity index (χ1n) is 7.84. The van der Waals surface area contributed by atoms with Crippen molar-refractivity contribution < 1.29 is 9.47 Å². The molecule has 0 amide bonds. The number of guanidine groups is 1. The summed E-state index contributed by atoms with van der Waals surface area (Å²) in [5.41, 5.74) is 1.28. The second-order valence-electron chi connectivity index (χ2n) is 5.33. The molecule has 0 aliphatic heterocycles. The van der Waals surface area contributed by atoms with Gasteiger partial charge in [0.1, 0.15) is 5.75 Å². The number of hydrogen-bond acceptors (Lipinski definition) is 3. The molecular weight excluding hydrogens is 278 g/mol. The lowest BCUT2D eigenvalue weighted by molar-refractivity contribution is 0.195. The van der Waals surface area contributed by atoms with Crippen LogP contribution in [0.2, 0.25) is 0 Å². The Kier molecular flexibility index (Phi) is 9.07. The summed E-state index contributed by atoms with van der Waals surface area (Å²) in [6.07, 6.45) is 2.12. The largest absolute Gasteiger partial charge is 0.491 e. The van der Waals surface area contributed by atoms with Gasteiger partial charge >= 0.3 is 0 Å². The van der Waals surface area contributed by atoms with Crippen molar-refractivity contribution in [1.82, 2.24) is 10.6 Å². The van der Waals surface area contributed by atoms with E-state index in [4.69, 9.17) is 9.47 Å². The summed E-state index contributed by atoms with van der Waals surface area (Å²) in [5, 5.41) is 6.57. The van der Waals surface area contributed by atoms with Crippen LogP contribution in [-0.2, 0) is 11.2 Å². The Morgan fingerprint density at radius 1 is 1.14 bits per heavy atom. The maximum Gasteiger partial charge on any atom is 0.190 e. The topological polar surface area (TPSA) is 54.9 Å². The van der Waals surface area contributed by atoms with Gasteiger partial charge in [-0.25, -0.2) is 0 Å². The van der Waals surface area contributed by atoms with Crippen molar-refractivity contribution in [3.8, 4) is 5.75 Å². The molecule has 1 aromatic rings. The maximum atomic E-state index is 5.64. The zero-order valence-electron chi connectivity index (χ0n) is 14.2. The molecule has 124 valence electrons. The summed E-state index contributed by atoms with van der Waals surface area (Å²) < 4.78 is 10.7. The maximum absolute atomic E-state index is 5.64. The highest BCUT2D eigenvalue weighted by atomic mass is 16.5. The molecule has 0 unspecified atom stereocenters. The zero-order valence-corrected chi connectivity index (χ0v) is 14.2. The number of ether oxygens (including phenoxy) is 2. The van der Waals surface area contributed by atoms with Crippen LogP contribution in [0.3, 0.4) is 0 Å². The Bertz CT molecular complexity index is 430. The average Bonchev–Trinajstić information content (AvgIpc) is 2.51. The normalized spacial score (nSPS) is 11.6. The van der Waals surface area contributed by atoms with Gasteiger partial charge in [0.2, 0.25) is 0 Å². The number of rotatable bonds is 9. The van der Waals surface area contributed by atoms with Gasteiger partial charge in [-0.1, -0.05) is 12.1 Å². The van der Waals surface area contributed by atoms with E-state index in [9.17, 15) is 0 Å². The molecule has 22 heavy (non-hydrogen) atoms. The molecule has 5 heteroatoms. The number of methoxy groups -OCH3 is 1. The van der Waals surface area contributed by atoms with Crippen molar-refractivity contribution >= 4 is 5.96 Å². The first kappa shape index (κ1) is 18.3. The minimum Gasteiger partial charge on any atom is -0.491 e. The standard InChI is InChI=1S/C17H29N3O2/c1-14(2)22-16-8-6-15(7-9-16)10-12-20-17(18-3)19-11-5-13-21-4/h6-9,14H,5,10-13H2,1-4H3,(H2,18,19,20). The Balaban J connectivity index is 2.27. The van der Waals surface area contributed by atoms with Gasteiger partial charge in [-0.3, -0.25) is 4.99 Å². The fourth-order valence-corrected chi connectivity index (χ4v) is 1.98. The molecule has 1 rings (SSSR count). The van der Waals surface area contributed by atoms with Gasteiger partial charge in [0, 0.05) is 33.9 Å². The lowest BCUT2D eigenvalue weighted by Gasteiger charge is -2.12. The molecule has 2 N–H and O–H groups in total. The van der Waals surface area contributed by atoms with Gasteiger partial charge in [0.15, 0.2) is 5.96 Å². The van der Waals surface area contributed by atoms with E-state index in [1.54, 1.807) is 14.2 Å². The van der Waals surface area contributed by atoms with E-state index >= 15 is 0 Å². The van der Waals surface area contributed by atoms with Crippen molar-refractivity contribution in [3.63, 3.8) is 0 Å². The van der Waals surface area contributed by atoms with Crippen molar-refractivity contribution in [1.29, 1.82) is 0 Å². The SMILES string of the molecule is CN=C(NCCCOC)NCCc1ccc(OC(C)C)cc1. The fraction of sp³-hybridized carbons (Fsp3) is 0.588. The first-order valence-corrected chi connectivity index (χ1v) is 7.84. The molecule has 0 aromatic heterocycles. The van der Waals surface area contributed by atoms with Crippen molar-refractivity contribution in [3.05, 3.63) is 29.8 Å². The second-order valence-corrected chi connectivity index (χ2v) is 5.33. The van der Waals surface area contributed by atoms with Gasteiger partial charge in [0.25, 0.3) is 0 Å². The van der Waals surface area contributed by atoms with Crippen LogP contribution in [0, 0.1) is 0 Å². The van der Waals surface area contributed by atoms with Crippen LogP contribution in [-0.4, -0.2) is 45.9 Å². The van der Waals surface area contributed by atoms with Crippen LogP contribution in [0.25, 0.3) is 0 Å². The quantitative estimate of drug-likeness (QED) is 0.417. The van der Waals surface area contributed by atoms with Gasteiger partial charge in [-0.15, -0.1) is 0 Å². The minimum atomic E-state index is 0.208. The number of benzene rings is 1. The lowest BCUT2D eigenvalue weighted by Crippen LogP contribution is -2.38. The molecule has 0 radical (unpaired) electrons. The van der Waals surface area contributed by atoms with E-state index in [0.29, 0.717) is 0 Å². The Morgan fingerprint density at radius 2 is 1.82 bits per heavy atom. The van der Waals surface area contributed by atoms with Crippen LogP contribution in [0.5, 0.6) is 5.75 Å². The molecule has 0 heterocycles. The zero-order chi connectivity index (χ0) is 16.2. The van der Waals surface area contributed by atoms with Crippen LogP contribution in [0.1, 0.15) is 25.8 Å². The van der Waals surface area contributed by atoms with E-state index in [1.807, 2.05) is 26.0 Å². The number of hydrogen-bond donors (Lipinski definition) is 2. The summed E-state index contributed by atoms with van der Waals surface area (Å²) in [7, 11) is 3.49. The van der Waals surface area contributed by atoms with E-state index < -0.39 is 0 Å². The summed E-state index contributed by atoms with van der Waals surface area (Å²) in [4.78, 5) is 4.20. The highest BCUT2D eigenvalue weighted by molar-refractivity contribution is 5.79. The number of nitrogens with one attached hydrogen (secondary N) is 2. The van der Waals surface area contributed by atoms with Crippen molar-refractivity contribution in [2.75, 3.05) is 33.9 Å². The van der Waals surface area contributed by atoms with E-state index in [0.717, 1.165) is 44.2 Å². The molecule has 1 aromatic carbocycles. The predicted octanol–water partition coefficient (Wildman–Crippen LogP) is 2.22. The van der Waals surface area contributed by atoms with E-state index in [-0.39, 0.29) is 6.10 Å². The van der Waals surface area contributed by atoms with Gasteiger partial charge in [0.05, 0.1) is 6.10 Å². The monoisotopic (exact) mass is 307 g/mol. The average molecular weight is 307 g/mol. The lowest BCUT2D eigenvalue weighted by atomic mass is 10.1. The molecule has 0 spiro atoms. The molecule has 5 nitrogen and oxygen atoms in total. The molecule has 0 aliphatic rings. The molecule has 0 saturated heterocycles. The molecular formula is C17H29N3O2. The minimum absolute atomic E-state index is 0.208. The third-order valence-corrected chi connectivity index (χ3v) is 3.04.